The van der Waals surface area contributed by atoms with E-state index in [1.165, 1.54) is 4.90 Å². The molecule has 8 nitrogen and oxygen atoms in total. The van der Waals surface area contributed by atoms with E-state index in [1.54, 1.807) is 20.8 Å². The topological polar surface area (TPSA) is 108 Å². The van der Waals surface area contributed by atoms with Gasteiger partial charge in [-0.05, 0) is 71.1 Å². The smallest absolute Gasteiger partial charge is 0.408 e. The molecule has 1 aromatic rings. The van der Waals surface area contributed by atoms with Gasteiger partial charge in [0.25, 0.3) is 0 Å². The number of alkyl carbamates (subject to hydrolysis) is 1. The second-order valence-corrected chi connectivity index (χ2v) is 10.2. The molecule has 0 radical (unpaired) electrons. The summed E-state index contributed by atoms with van der Waals surface area (Å²) in [4.78, 5) is 41.1. The van der Waals surface area contributed by atoms with Crippen LogP contribution in [0.1, 0.15) is 90.0 Å². The fourth-order valence-corrected chi connectivity index (χ4v) is 3.76. The third kappa shape index (κ3) is 9.88. The van der Waals surface area contributed by atoms with E-state index >= 15 is 0 Å². The minimum Gasteiger partial charge on any atom is -0.444 e. The van der Waals surface area contributed by atoms with Crippen LogP contribution in [0, 0.1) is 13.8 Å². The molecule has 0 aromatic heterocycles. The number of nitrogens with zero attached hydrogens (tertiary/aromatic N) is 1. The van der Waals surface area contributed by atoms with E-state index in [9.17, 15) is 19.5 Å². The Morgan fingerprint density at radius 1 is 1.06 bits per heavy atom. The Morgan fingerprint density at radius 2 is 1.71 bits per heavy atom. The minimum atomic E-state index is -1.24. The lowest BCUT2D eigenvalue weighted by Gasteiger charge is -2.35. The number of benzene rings is 1. The van der Waals surface area contributed by atoms with Crippen molar-refractivity contribution in [3.05, 3.63) is 34.9 Å². The number of hydrogen-bond acceptors (Lipinski definition) is 5. The third-order valence-electron chi connectivity index (χ3n) is 5.72. The van der Waals surface area contributed by atoms with E-state index in [1.807, 2.05) is 45.9 Å². The first-order valence-corrected chi connectivity index (χ1v) is 12.6. The fraction of sp³-hybridized carbons (Fsp3) is 0.667. The lowest BCUT2D eigenvalue weighted by Crippen LogP contribution is -2.55. The van der Waals surface area contributed by atoms with Crippen molar-refractivity contribution >= 4 is 17.9 Å². The molecule has 198 valence electrons. The Hall–Kier alpha value is -2.61. The lowest BCUT2D eigenvalue weighted by atomic mass is 9.97. The van der Waals surface area contributed by atoms with E-state index in [0.29, 0.717) is 18.5 Å². The monoisotopic (exact) mass is 491 g/mol. The van der Waals surface area contributed by atoms with Crippen molar-refractivity contribution < 1.29 is 24.2 Å². The van der Waals surface area contributed by atoms with Gasteiger partial charge < -0.3 is 25.4 Å². The van der Waals surface area contributed by atoms with Crippen LogP contribution in [0.3, 0.4) is 0 Å². The number of unbranched alkanes of at least 4 members (excludes halogenated alkanes) is 1. The highest BCUT2D eigenvalue weighted by Gasteiger charge is 2.36. The number of hydrogen-bond donors (Lipinski definition) is 3. The Balaban J connectivity index is 3.42. The molecule has 1 rings (SSSR count). The summed E-state index contributed by atoms with van der Waals surface area (Å²) in [6, 6.07) is 3.52. The number of carbonyl (C=O) groups excluding carboxylic acids is 3. The average Bonchev–Trinajstić information content (AvgIpc) is 2.75. The normalized spacial score (nSPS) is 14.0. The molecule has 0 heterocycles. The van der Waals surface area contributed by atoms with Gasteiger partial charge in [-0.1, -0.05) is 44.9 Å². The predicted octanol–water partition coefficient (Wildman–Crippen LogP) is 4.16. The van der Waals surface area contributed by atoms with Gasteiger partial charge in [0.2, 0.25) is 11.8 Å². The summed E-state index contributed by atoms with van der Waals surface area (Å²) in [6.07, 6.45) is 2.40. The molecular weight excluding hydrogens is 446 g/mol. The van der Waals surface area contributed by atoms with Crippen molar-refractivity contribution in [3.8, 4) is 0 Å². The second-order valence-electron chi connectivity index (χ2n) is 10.2. The first-order valence-electron chi connectivity index (χ1n) is 12.6. The van der Waals surface area contributed by atoms with Crippen molar-refractivity contribution in [3.63, 3.8) is 0 Å². The molecule has 3 amide bonds. The van der Waals surface area contributed by atoms with Gasteiger partial charge in [-0.15, -0.1) is 0 Å². The number of carbonyl (C=O) groups is 3. The van der Waals surface area contributed by atoms with Crippen LogP contribution in [0.2, 0.25) is 0 Å². The molecule has 8 heteroatoms. The van der Waals surface area contributed by atoms with Crippen molar-refractivity contribution in [1.82, 2.24) is 15.5 Å². The van der Waals surface area contributed by atoms with Gasteiger partial charge in [-0.25, -0.2) is 4.79 Å². The van der Waals surface area contributed by atoms with E-state index < -0.39 is 36.3 Å². The number of aryl methyl sites for hydroxylation is 2. The van der Waals surface area contributed by atoms with Crippen LogP contribution in [0.15, 0.2) is 18.2 Å². The van der Waals surface area contributed by atoms with Crippen LogP contribution >= 0.6 is 0 Å². The van der Waals surface area contributed by atoms with E-state index in [4.69, 9.17) is 4.74 Å². The maximum absolute atomic E-state index is 13.7. The summed E-state index contributed by atoms with van der Waals surface area (Å²) < 4.78 is 5.27. The van der Waals surface area contributed by atoms with Gasteiger partial charge in [0.05, 0.1) is 6.61 Å². The van der Waals surface area contributed by atoms with Gasteiger partial charge >= 0.3 is 6.09 Å². The van der Waals surface area contributed by atoms with Gasteiger partial charge in [0.1, 0.15) is 17.7 Å². The largest absolute Gasteiger partial charge is 0.444 e. The van der Waals surface area contributed by atoms with Crippen LogP contribution in [0.5, 0.6) is 0 Å². The van der Waals surface area contributed by atoms with Gasteiger partial charge in [0.15, 0.2) is 0 Å². The molecule has 0 bridgehead atoms. The van der Waals surface area contributed by atoms with Crippen LogP contribution < -0.4 is 10.6 Å². The number of nitrogens with one attached hydrogen (secondary N) is 2. The highest BCUT2D eigenvalue weighted by molar-refractivity contribution is 5.92. The number of aliphatic hydroxyl groups excluding tert-OH is 1. The van der Waals surface area contributed by atoms with Crippen molar-refractivity contribution in [2.45, 2.75) is 105 Å². The Morgan fingerprint density at radius 3 is 2.23 bits per heavy atom. The standard InChI is InChI=1S/C27H45N3O5/c1-9-11-15-30(25(33)22(17-31)29-26(34)35-27(6,7)8)23(24(32)28-20(5)12-10-2)21-14-13-18(3)19(4)16-21/h13-14,16,20,22-23,31H,9-12,15,17H2,1-8H3,(H,28,32)(H,29,34). The van der Waals surface area contributed by atoms with Crippen LogP contribution in [-0.2, 0) is 14.3 Å². The van der Waals surface area contributed by atoms with Crippen molar-refractivity contribution in [2.75, 3.05) is 13.2 Å². The number of rotatable bonds is 12. The summed E-state index contributed by atoms with van der Waals surface area (Å²) in [5.41, 5.74) is 2.02. The Kier molecular flexibility index (Phi) is 12.2. The lowest BCUT2D eigenvalue weighted by molar-refractivity contribution is -0.143. The number of ether oxygens (including phenoxy) is 1. The molecule has 3 unspecified atom stereocenters. The number of amides is 3. The Bertz CT molecular complexity index is 850. The van der Waals surface area contributed by atoms with Gasteiger partial charge in [-0.2, -0.15) is 0 Å². The van der Waals surface area contributed by atoms with Gasteiger partial charge in [0, 0.05) is 12.6 Å². The fourth-order valence-electron chi connectivity index (χ4n) is 3.76. The molecule has 0 fully saturated rings. The first-order chi connectivity index (χ1) is 16.3. The molecule has 0 aliphatic heterocycles. The molecular formula is C27H45N3O5. The summed E-state index contributed by atoms with van der Waals surface area (Å²) in [7, 11) is 0. The van der Waals surface area contributed by atoms with E-state index in [0.717, 1.165) is 30.4 Å². The zero-order valence-electron chi connectivity index (χ0n) is 22.7. The van der Waals surface area contributed by atoms with Crippen molar-refractivity contribution in [1.29, 1.82) is 0 Å². The molecule has 0 aliphatic rings. The molecule has 0 saturated carbocycles. The quantitative estimate of drug-likeness (QED) is 0.407. The summed E-state index contributed by atoms with van der Waals surface area (Å²) >= 11 is 0. The molecule has 0 aliphatic carbocycles. The highest BCUT2D eigenvalue weighted by Crippen LogP contribution is 2.26. The van der Waals surface area contributed by atoms with Gasteiger partial charge in [-0.3, -0.25) is 9.59 Å². The SMILES string of the molecule is CCCCN(C(=O)C(CO)NC(=O)OC(C)(C)C)C(C(=O)NC(C)CCC)c1ccc(C)c(C)c1. The zero-order chi connectivity index (χ0) is 26.8. The summed E-state index contributed by atoms with van der Waals surface area (Å²) in [5, 5.41) is 15.5. The molecule has 3 atom stereocenters. The summed E-state index contributed by atoms with van der Waals surface area (Å²) in [6.45, 7) is 14.8. The zero-order valence-corrected chi connectivity index (χ0v) is 22.7. The highest BCUT2D eigenvalue weighted by atomic mass is 16.6. The average molecular weight is 492 g/mol. The molecule has 1 aromatic carbocycles. The number of aliphatic hydroxyl groups is 1. The maximum Gasteiger partial charge on any atom is 0.408 e. The van der Waals surface area contributed by atoms with Crippen LogP contribution in [0.4, 0.5) is 4.79 Å². The molecule has 3 N–H and O–H groups in total. The Labute approximate surface area is 210 Å². The predicted molar refractivity (Wildman–Crippen MR) is 138 cm³/mol. The minimum absolute atomic E-state index is 0.0572. The third-order valence-corrected chi connectivity index (χ3v) is 5.72. The second kappa shape index (κ2) is 14.1. The van der Waals surface area contributed by atoms with E-state index in [2.05, 4.69) is 17.6 Å². The van der Waals surface area contributed by atoms with Crippen molar-refractivity contribution in [2.24, 2.45) is 0 Å². The van der Waals surface area contributed by atoms with E-state index in [-0.39, 0.29) is 11.9 Å². The van der Waals surface area contributed by atoms with Crippen LogP contribution in [-0.4, -0.2) is 58.8 Å². The summed E-state index contributed by atoms with van der Waals surface area (Å²) in [5.74, 6) is -0.819. The maximum atomic E-state index is 13.7. The molecule has 0 spiro atoms. The molecule has 35 heavy (non-hydrogen) atoms. The van der Waals surface area contributed by atoms with Crippen LogP contribution in [0.25, 0.3) is 0 Å². The first kappa shape index (κ1) is 30.4. The molecule has 0 saturated heterocycles.